The van der Waals surface area contributed by atoms with Gasteiger partial charge in [0.1, 0.15) is 18.7 Å². The third-order valence-corrected chi connectivity index (χ3v) is 3.06. The second-order valence-corrected chi connectivity index (χ2v) is 4.98. The van der Waals surface area contributed by atoms with E-state index in [0.29, 0.717) is 5.82 Å². The number of hydrogen-bond donors (Lipinski definition) is 0. The number of methoxy groups -OCH3 is 1. The van der Waals surface area contributed by atoms with Gasteiger partial charge in [0.2, 0.25) is 0 Å². The van der Waals surface area contributed by atoms with E-state index in [0.717, 1.165) is 6.07 Å². The predicted molar refractivity (Wildman–Crippen MR) is 76.4 cm³/mol. The average Bonchev–Trinajstić information content (AvgIpc) is 2.92. The summed E-state index contributed by atoms with van der Waals surface area (Å²) in [5.41, 5.74) is -0.824. The van der Waals surface area contributed by atoms with Crippen molar-refractivity contribution in [3.8, 4) is 11.5 Å². The Hall–Kier alpha value is -0.549. The van der Waals surface area contributed by atoms with Crippen molar-refractivity contribution >= 4 is 12.4 Å². The summed E-state index contributed by atoms with van der Waals surface area (Å²) in [4.78, 5) is 4.00. The van der Waals surface area contributed by atoms with Crippen molar-refractivity contribution in [3.63, 3.8) is 0 Å². The molecule has 0 N–H and O–H groups in total. The van der Waals surface area contributed by atoms with Crippen LogP contribution in [0.15, 0.2) is 24.5 Å². The van der Waals surface area contributed by atoms with Crippen LogP contribution < -0.4 is 66.3 Å². The molecular formula is C13H16BF3KN3O2. The van der Waals surface area contributed by atoms with Gasteiger partial charge in [0, 0.05) is 6.04 Å². The second-order valence-electron chi connectivity index (χ2n) is 4.98. The fraction of sp³-hybridized carbons (Fsp3) is 0.385. The van der Waals surface area contributed by atoms with Gasteiger partial charge in [0.25, 0.3) is 0 Å². The third kappa shape index (κ3) is 5.21. The second kappa shape index (κ2) is 8.52. The standard InChI is InChI=1S/C13H16BF3N3O2.K/c1-9(2)20-13(18-8-19-20)7-22-12-5-4-10(21-3)6-11(12)14(15,16)17;/h4-6,8-9H,7H2,1-3H3;/q-1;+1. The van der Waals surface area contributed by atoms with Crippen LogP contribution >= 0.6 is 0 Å². The molecule has 5 nitrogen and oxygen atoms in total. The number of rotatable bonds is 6. The van der Waals surface area contributed by atoms with Gasteiger partial charge in [-0.15, -0.1) is 0 Å². The maximum atomic E-state index is 13.1. The van der Waals surface area contributed by atoms with Crippen molar-refractivity contribution in [2.45, 2.75) is 26.5 Å². The van der Waals surface area contributed by atoms with E-state index in [4.69, 9.17) is 9.47 Å². The summed E-state index contributed by atoms with van der Waals surface area (Å²) in [5.74, 6) is 0.352. The zero-order chi connectivity index (χ0) is 16.3. The van der Waals surface area contributed by atoms with Gasteiger partial charge in [0.05, 0.1) is 12.9 Å². The Bertz CT molecular complexity index is 650. The molecule has 120 valence electrons. The first-order chi connectivity index (χ1) is 10.3. The van der Waals surface area contributed by atoms with Crippen LogP contribution in [0, 0.1) is 0 Å². The van der Waals surface area contributed by atoms with Crippen molar-refractivity contribution in [1.29, 1.82) is 0 Å². The number of hydrogen-bond acceptors (Lipinski definition) is 4. The molecule has 2 rings (SSSR count). The van der Waals surface area contributed by atoms with Crippen LogP contribution in [0.3, 0.4) is 0 Å². The van der Waals surface area contributed by atoms with Crippen LogP contribution in [0.4, 0.5) is 12.9 Å². The van der Waals surface area contributed by atoms with Gasteiger partial charge < -0.3 is 22.4 Å². The number of halogens is 3. The minimum absolute atomic E-state index is 0. The van der Waals surface area contributed by atoms with Gasteiger partial charge >= 0.3 is 58.4 Å². The van der Waals surface area contributed by atoms with Gasteiger partial charge in [-0.1, -0.05) is 5.46 Å². The van der Waals surface area contributed by atoms with Crippen LogP contribution in [0.25, 0.3) is 0 Å². The van der Waals surface area contributed by atoms with Crippen molar-refractivity contribution in [3.05, 3.63) is 30.4 Å². The largest absolute Gasteiger partial charge is 1.00 e. The summed E-state index contributed by atoms with van der Waals surface area (Å²) < 4.78 is 51.1. The molecule has 0 aliphatic carbocycles. The molecule has 0 amide bonds. The molecule has 10 heteroatoms. The van der Waals surface area contributed by atoms with Crippen molar-refractivity contribution < 1.29 is 73.8 Å². The van der Waals surface area contributed by atoms with Gasteiger partial charge in [0.15, 0.2) is 5.82 Å². The molecule has 0 bridgehead atoms. The van der Waals surface area contributed by atoms with E-state index in [-0.39, 0.29) is 75.5 Å². The van der Waals surface area contributed by atoms with E-state index in [1.807, 2.05) is 13.8 Å². The fourth-order valence-corrected chi connectivity index (χ4v) is 1.99. The average molecular weight is 353 g/mol. The Morgan fingerprint density at radius 3 is 2.52 bits per heavy atom. The van der Waals surface area contributed by atoms with Crippen LogP contribution in [-0.2, 0) is 6.61 Å². The molecule has 1 heterocycles. The number of nitrogens with zero attached hydrogens (tertiary/aromatic N) is 3. The molecule has 1 aromatic carbocycles. The van der Waals surface area contributed by atoms with Crippen LogP contribution in [0.2, 0.25) is 0 Å². The Morgan fingerprint density at radius 2 is 1.96 bits per heavy atom. The van der Waals surface area contributed by atoms with Gasteiger partial charge in [-0.05, 0) is 32.0 Å². The van der Waals surface area contributed by atoms with Crippen LogP contribution in [0.1, 0.15) is 25.7 Å². The smallest absolute Gasteiger partial charge is 0.497 e. The molecule has 0 saturated carbocycles. The fourth-order valence-electron chi connectivity index (χ4n) is 1.99. The summed E-state index contributed by atoms with van der Waals surface area (Å²) in [5, 5.41) is 4.01. The summed E-state index contributed by atoms with van der Waals surface area (Å²) in [7, 11) is 1.31. The van der Waals surface area contributed by atoms with E-state index in [2.05, 4.69) is 10.1 Å². The molecule has 0 aliphatic rings. The normalized spacial score (nSPS) is 11.3. The van der Waals surface area contributed by atoms with E-state index in [1.54, 1.807) is 4.68 Å². The van der Waals surface area contributed by atoms with E-state index in [9.17, 15) is 12.9 Å². The Morgan fingerprint density at radius 1 is 1.26 bits per heavy atom. The maximum Gasteiger partial charge on any atom is 1.00 e. The number of benzene rings is 1. The minimum atomic E-state index is -5.21. The summed E-state index contributed by atoms with van der Waals surface area (Å²) in [6, 6.07) is 3.65. The minimum Gasteiger partial charge on any atom is -0.497 e. The van der Waals surface area contributed by atoms with Crippen molar-refractivity contribution in [2.75, 3.05) is 7.11 Å². The first kappa shape index (κ1) is 20.5. The van der Waals surface area contributed by atoms with Crippen LogP contribution in [-0.4, -0.2) is 28.9 Å². The molecule has 23 heavy (non-hydrogen) atoms. The molecular weight excluding hydrogens is 337 g/mol. The maximum absolute atomic E-state index is 13.1. The molecule has 1 aromatic heterocycles. The third-order valence-electron chi connectivity index (χ3n) is 3.06. The quantitative estimate of drug-likeness (QED) is 0.658. The summed E-state index contributed by atoms with van der Waals surface area (Å²) in [6.45, 7) is -1.50. The Kier molecular flexibility index (Phi) is 7.59. The summed E-state index contributed by atoms with van der Waals surface area (Å²) in [6.07, 6.45) is 1.35. The monoisotopic (exact) mass is 353 g/mol. The van der Waals surface area contributed by atoms with Gasteiger partial charge in [-0.3, -0.25) is 0 Å². The number of ether oxygens (including phenoxy) is 2. The molecule has 2 aromatic rings. The predicted octanol–water partition coefficient (Wildman–Crippen LogP) is -0.495. The first-order valence-electron chi connectivity index (χ1n) is 6.72. The Labute approximate surface area is 175 Å². The molecule has 0 atom stereocenters. The zero-order valence-corrected chi connectivity index (χ0v) is 16.6. The molecule has 0 fully saturated rings. The topological polar surface area (TPSA) is 49.2 Å². The number of aromatic nitrogens is 3. The summed E-state index contributed by atoms with van der Waals surface area (Å²) >= 11 is 0. The zero-order valence-electron chi connectivity index (χ0n) is 13.5. The van der Waals surface area contributed by atoms with E-state index in [1.165, 1.54) is 25.6 Å². The van der Waals surface area contributed by atoms with Crippen molar-refractivity contribution in [1.82, 2.24) is 14.8 Å². The van der Waals surface area contributed by atoms with E-state index < -0.39 is 12.4 Å². The van der Waals surface area contributed by atoms with Gasteiger partial charge in [-0.25, -0.2) is 9.67 Å². The van der Waals surface area contributed by atoms with Gasteiger partial charge in [-0.2, -0.15) is 5.10 Å². The first-order valence-corrected chi connectivity index (χ1v) is 6.72. The molecule has 0 radical (unpaired) electrons. The molecule has 0 saturated heterocycles. The van der Waals surface area contributed by atoms with E-state index >= 15 is 0 Å². The molecule has 0 unspecified atom stereocenters. The van der Waals surface area contributed by atoms with Crippen LogP contribution in [0.5, 0.6) is 11.5 Å². The van der Waals surface area contributed by atoms with Crippen molar-refractivity contribution in [2.24, 2.45) is 0 Å². The molecule has 0 spiro atoms. The Balaban J connectivity index is 0.00000264. The SMILES string of the molecule is COc1ccc(OCc2ncnn2C(C)C)c([B-](F)(F)F)c1.[K+]. The molecule has 0 aliphatic heterocycles.